The number of amides is 1. The predicted molar refractivity (Wildman–Crippen MR) is 75.1 cm³/mol. The number of ether oxygens (including phenoxy) is 2. The van der Waals surface area contributed by atoms with Gasteiger partial charge < -0.3 is 25.0 Å². The molecule has 1 heterocycles. The summed E-state index contributed by atoms with van der Waals surface area (Å²) in [5.41, 5.74) is -0.286. The summed E-state index contributed by atoms with van der Waals surface area (Å²) in [5.74, 6) is -1.96. The van der Waals surface area contributed by atoms with Gasteiger partial charge in [-0.3, -0.25) is 4.79 Å². The van der Waals surface area contributed by atoms with Gasteiger partial charge in [-0.05, 0) is 12.1 Å². The van der Waals surface area contributed by atoms with Crippen molar-refractivity contribution in [2.24, 2.45) is 0 Å². The van der Waals surface area contributed by atoms with Gasteiger partial charge in [-0.15, -0.1) is 0 Å². The zero-order valence-electron chi connectivity index (χ0n) is 11.3. The van der Waals surface area contributed by atoms with Crippen LogP contribution in [0.1, 0.15) is 10.4 Å². The molecule has 0 saturated carbocycles. The first-order chi connectivity index (χ1) is 10.6. The van der Waals surface area contributed by atoms with E-state index in [0.717, 1.165) is 6.07 Å². The average Bonchev–Trinajstić information content (AvgIpc) is 2.50. The molecule has 0 fully saturated rings. The Morgan fingerprint density at radius 3 is 2.50 bits per heavy atom. The molecule has 1 aliphatic rings. The van der Waals surface area contributed by atoms with Crippen molar-refractivity contribution in [2.45, 2.75) is 0 Å². The number of aromatic hydroxyl groups is 2. The fourth-order valence-corrected chi connectivity index (χ4v) is 2.06. The normalized spacial score (nSPS) is 12.8. The molecule has 0 aromatic heterocycles. The number of halogens is 1. The third-order valence-electron chi connectivity index (χ3n) is 3.13. The maximum Gasteiger partial charge on any atom is 0.258 e. The Morgan fingerprint density at radius 2 is 1.77 bits per heavy atom. The van der Waals surface area contributed by atoms with Gasteiger partial charge in [-0.1, -0.05) is 6.07 Å². The molecular formula is C15H12FNO5. The summed E-state index contributed by atoms with van der Waals surface area (Å²) >= 11 is 0. The summed E-state index contributed by atoms with van der Waals surface area (Å²) in [6.07, 6.45) is 0. The quantitative estimate of drug-likeness (QED) is 0.741. The van der Waals surface area contributed by atoms with Crippen molar-refractivity contribution in [3.8, 4) is 23.0 Å². The van der Waals surface area contributed by atoms with Crippen molar-refractivity contribution in [1.82, 2.24) is 0 Å². The van der Waals surface area contributed by atoms with Crippen LogP contribution in [0.3, 0.4) is 0 Å². The van der Waals surface area contributed by atoms with E-state index < -0.39 is 17.5 Å². The molecule has 0 aliphatic carbocycles. The van der Waals surface area contributed by atoms with Crippen LogP contribution in [0, 0.1) is 5.82 Å². The summed E-state index contributed by atoms with van der Waals surface area (Å²) in [4.78, 5) is 12.1. The Morgan fingerprint density at radius 1 is 1.09 bits per heavy atom. The smallest absolute Gasteiger partial charge is 0.258 e. The van der Waals surface area contributed by atoms with Crippen LogP contribution in [0.4, 0.5) is 10.1 Å². The van der Waals surface area contributed by atoms with Crippen LogP contribution in [0.2, 0.25) is 0 Å². The van der Waals surface area contributed by atoms with Crippen LogP contribution in [-0.4, -0.2) is 29.3 Å². The van der Waals surface area contributed by atoms with Crippen LogP contribution in [-0.2, 0) is 0 Å². The molecule has 7 heteroatoms. The zero-order valence-corrected chi connectivity index (χ0v) is 11.3. The van der Waals surface area contributed by atoms with Gasteiger partial charge in [-0.2, -0.15) is 0 Å². The molecule has 0 spiro atoms. The molecule has 0 unspecified atom stereocenters. The van der Waals surface area contributed by atoms with Crippen LogP contribution < -0.4 is 14.8 Å². The number of anilines is 1. The Kier molecular flexibility index (Phi) is 3.46. The van der Waals surface area contributed by atoms with Crippen molar-refractivity contribution < 1.29 is 28.9 Å². The van der Waals surface area contributed by atoms with Gasteiger partial charge >= 0.3 is 0 Å². The summed E-state index contributed by atoms with van der Waals surface area (Å²) in [7, 11) is 0. The van der Waals surface area contributed by atoms with Gasteiger partial charge in [-0.25, -0.2) is 4.39 Å². The molecule has 6 nitrogen and oxygen atoms in total. The van der Waals surface area contributed by atoms with Gasteiger partial charge in [0.1, 0.15) is 19.0 Å². The first-order valence-electron chi connectivity index (χ1n) is 6.47. The molecule has 3 N–H and O–H groups in total. The Balaban J connectivity index is 1.89. The SMILES string of the molecule is O=C(Nc1cc2c(cc1O)OCCO2)c1cccc(O)c1F. The molecule has 0 bridgehead atoms. The topological polar surface area (TPSA) is 88.0 Å². The highest BCUT2D eigenvalue weighted by molar-refractivity contribution is 6.05. The predicted octanol–water partition coefficient (Wildman–Crippen LogP) is 2.26. The minimum Gasteiger partial charge on any atom is -0.506 e. The lowest BCUT2D eigenvalue weighted by Crippen LogP contribution is -2.17. The summed E-state index contributed by atoms with van der Waals surface area (Å²) in [5, 5.41) is 21.5. The molecule has 1 amide bonds. The molecule has 2 aromatic rings. The molecule has 2 aromatic carbocycles. The largest absolute Gasteiger partial charge is 0.506 e. The number of nitrogens with one attached hydrogen (secondary N) is 1. The first kappa shape index (κ1) is 14.0. The molecular weight excluding hydrogens is 293 g/mol. The van der Waals surface area contributed by atoms with E-state index in [9.17, 15) is 19.4 Å². The summed E-state index contributed by atoms with van der Waals surface area (Å²) in [6.45, 7) is 0.721. The lowest BCUT2D eigenvalue weighted by Gasteiger charge is -2.20. The van der Waals surface area contributed by atoms with Crippen molar-refractivity contribution in [1.29, 1.82) is 0 Å². The number of rotatable bonds is 2. The fraction of sp³-hybridized carbons (Fsp3) is 0.133. The average molecular weight is 305 g/mol. The minimum absolute atomic E-state index is 0.0528. The maximum absolute atomic E-state index is 13.7. The van der Waals surface area contributed by atoms with Crippen LogP contribution in [0.25, 0.3) is 0 Å². The van der Waals surface area contributed by atoms with Gasteiger partial charge in [0.05, 0.1) is 11.3 Å². The van der Waals surface area contributed by atoms with E-state index in [0.29, 0.717) is 24.7 Å². The van der Waals surface area contributed by atoms with Gasteiger partial charge in [0.2, 0.25) is 0 Å². The number of hydrogen-bond acceptors (Lipinski definition) is 5. The molecule has 1 aliphatic heterocycles. The van der Waals surface area contributed by atoms with Crippen LogP contribution >= 0.6 is 0 Å². The van der Waals surface area contributed by atoms with E-state index in [1.807, 2.05) is 0 Å². The van der Waals surface area contributed by atoms with E-state index in [4.69, 9.17) is 9.47 Å². The first-order valence-corrected chi connectivity index (χ1v) is 6.47. The fourth-order valence-electron chi connectivity index (χ4n) is 2.06. The zero-order chi connectivity index (χ0) is 15.7. The van der Waals surface area contributed by atoms with Crippen molar-refractivity contribution >= 4 is 11.6 Å². The highest BCUT2D eigenvalue weighted by Crippen LogP contribution is 2.39. The monoisotopic (exact) mass is 305 g/mol. The number of hydrogen-bond donors (Lipinski definition) is 3. The Labute approximate surface area is 124 Å². The molecule has 0 atom stereocenters. The summed E-state index contributed by atoms with van der Waals surface area (Å²) in [6, 6.07) is 6.40. The van der Waals surface area contributed by atoms with Gasteiger partial charge in [0.25, 0.3) is 5.91 Å². The number of phenolic OH excluding ortho intramolecular Hbond substituents is 2. The molecule has 0 saturated heterocycles. The highest BCUT2D eigenvalue weighted by Gasteiger charge is 2.19. The molecule has 3 rings (SSSR count). The molecule has 0 radical (unpaired) electrons. The Hall–Kier alpha value is -2.96. The number of carbonyl (C=O) groups is 1. The van der Waals surface area contributed by atoms with E-state index in [2.05, 4.69) is 5.32 Å². The van der Waals surface area contributed by atoms with E-state index in [1.54, 1.807) is 0 Å². The van der Waals surface area contributed by atoms with Crippen molar-refractivity contribution in [3.63, 3.8) is 0 Å². The number of fused-ring (bicyclic) bond motifs is 1. The van der Waals surface area contributed by atoms with Crippen LogP contribution in [0.5, 0.6) is 23.0 Å². The molecule has 114 valence electrons. The van der Waals surface area contributed by atoms with E-state index in [1.165, 1.54) is 24.3 Å². The number of carbonyl (C=O) groups excluding carboxylic acids is 1. The standard InChI is InChI=1S/C15H12FNO5/c16-14-8(2-1-3-10(14)18)15(20)17-9-6-12-13(7-11(9)19)22-5-4-21-12/h1-3,6-7,18-19H,4-5H2,(H,17,20). The third kappa shape index (κ3) is 2.48. The second-order valence-corrected chi connectivity index (χ2v) is 4.61. The van der Waals surface area contributed by atoms with Crippen molar-refractivity contribution in [2.75, 3.05) is 18.5 Å². The highest BCUT2D eigenvalue weighted by atomic mass is 19.1. The molecule has 22 heavy (non-hydrogen) atoms. The maximum atomic E-state index is 13.7. The number of phenols is 2. The third-order valence-corrected chi connectivity index (χ3v) is 3.13. The summed E-state index contributed by atoms with van der Waals surface area (Å²) < 4.78 is 24.4. The van der Waals surface area contributed by atoms with Gasteiger partial charge in [0.15, 0.2) is 23.1 Å². The number of benzene rings is 2. The minimum atomic E-state index is -1.03. The Bertz CT molecular complexity index is 747. The lowest BCUT2D eigenvalue weighted by molar-refractivity contribution is 0.102. The van der Waals surface area contributed by atoms with Crippen LogP contribution in [0.15, 0.2) is 30.3 Å². The lowest BCUT2D eigenvalue weighted by atomic mass is 10.1. The van der Waals surface area contributed by atoms with Gasteiger partial charge in [0, 0.05) is 12.1 Å². The van der Waals surface area contributed by atoms with E-state index >= 15 is 0 Å². The van der Waals surface area contributed by atoms with E-state index in [-0.39, 0.29) is 17.0 Å². The second-order valence-electron chi connectivity index (χ2n) is 4.61. The second kappa shape index (κ2) is 5.44. The van der Waals surface area contributed by atoms with Crippen molar-refractivity contribution in [3.05, 3.63) is 41.7 Å².